The number of hydrogen-bond acceptors (Lipinski definition) is 3. The molecule has 0 aliphatic carbocycles. The van der Waals surface area contributed by atoms with Gasteiger partial charge in [-0.15, -0.1) is 0 Å². The molecule has 0 amide bonds. The number of pyridine rings is 1. The monoisotopic (exact) mass is 299 g/mol. The fourth-order valence-corrected chi connectivity index (χ4v) is 2.07. The van der Waals surface area contributed by atoms with Crippen molar-refractivity contribution in [2.45, 2.75) is 0 Å². The molecule has 104 valence electrons. The third-order valence-electron chi connectivity index (χ3n) is 2.95. The minimum absolute atomic E-state index is 0.0173. The summed E-state index contributed by atoms with van der Waals surface area (Å²) >= 11 is 5.81. The molecule has 0 aliphatic rings. The molecule has 1 aromatic heterocycles. The second-order valence-corrected chi connectivity index (χ2v) is 4.83. The van der Waals surface area contributed by atoms with E-state index < -0.39 is 5.97 Å². The lowest BCUT2D eigenvalue weighted by Crippen LogP contribution is -2.02. The van der Waals surface area contributed by atoms with Gasteiger partial charge in [0.1, 0.15) is 11.3 Å². The number of fused-ring (bicyclic) bond motifs is 1. The van der Waals surface area contributed by atoms with Gasteiger partial charge in [0.15, 0.2) is 0 Å². The van der Waals surface area contributed by atoms with Crippen LogP contribution in [0.2, 0.25) is 5.02 Å². The average molecular weight is 300 g/mol. The minimum atomic E-state index is -1.09. The van der Waals surface area contributed by atoms with Gasteiger partial charge in [0.25, 0.3) is 0 Å². The largest absolute Gasteiger partial charge is 0.477 e. The number of para-hydroxylation sites is 1. The number of ether oxygens (including phenoxy) is 1. The molecule has 3 rings (SSSR count). The number of benzene rings is 2. The van der Waals surface area contributed by atoms with Crippen molar-refractivity contribution in [3.63, 3.8) is 0 Å². The molecule has 0 aliphatic heterocycles. The second kappa shape index (κ2) is 5.42. The van der Waals surface area contributed by atoms with Crippen molar-refractivity contribution in [2.24, 2.45) is 0 Å². The van der Waals surface area contributed by atoms with Gasteiger partial charge in [0, 0.05) is 10.4 Å². The number of aromatic carboxylic acids is 1. The maximum absolute atomic E-state index is 11.4. The van der Waals surface area contributed by atoms with Gasteiger partial charge in [-0.3, -0.25) is 0 Å². The summed E-state index contributed by atoms with van der Waals surface area (Å²) in [7, 11) is 0. The maximum Gasteiger partial charge on any atom is 0.341 e. The van der Waals surface area contributed by atoms with Crippen LogP contribution < -0.4 is 4.74 Å². The van der Waals surface area contributed by atoms with E-state index in [1.165, 1.54) is 0 Å². The summed E-state index contributed by atoms with van der Waals surface area (Å²) in [5.74, 6) is -0.551. The Morgan fingerprint density at radius 2 is 1.81 bits per heavy atom. The fraction of sp³-hybridized carbons (Fsp3) is 0. The highest BCUT2D eigenvalue weighted by atomic mass is 35.5. The number of aromatic nitrogens is 1. The quantitative estimate of drug-likeness (QED) is 0.779. The first-order valence-corrected chi connectivity index (χ1v) is 6.58. The molecule has 3 aromatic rings. The Bertz CT molecular complexity index is 815. The highest BCUT2D eigenvalue weighted by molar-refractivity contribution is 6.30. The number of carbonyl (C=O) groups is 1. The van der Waals surface area contributed by atoms with E-state index in [9.17, 15) is 9.90 Å². The zero-order valence-corrected chi connectivity index (χ0v) is 11.5. The zero-order chi connectivity index (χ0) is 14.8. The Hall–Kier alpha value is -2.59. The molecule has 0 bridgehead atoms. The molecule has 0 saturated heterocycles. The van der Waals surface area contributed by atoms with Crippen molar-refractivity contribution in [2.75, 3.05) is 0 Å². The van der Waals surface area contributed by atoms with E-state index in [0.717, 1.165) is 5.39 Å². The molecule has 0 unspecified atom stereocenters. The molecular formula is C16H10ClNO3. The summed E-state index contributed by atoms with van der Waals surface area (Å²) in [5, 5.41) is 10.6. The van der Waals surface area contributed by atoms with E-state index in [4.69, 9.17) is 16.3 Å². The van der Waals surface area contributed by atoms with E-state index >= 15 is 0 Å². The van der Waals surface area contributed by atoms with Crippen LogP contribution in [0.4, 0.5) is 0 Å². The maximum atomic E-state index is 11.4. The highest BCUT2D eigenvalue weighted by Crippen LogP contribution is 2.27. The van der Waals surface area contributed by atoms with Gasteiger partial charge in [-0.25, -0.2) is 9.78 Å². The van der Waals surface area contributed by atoms with Gasteiger partial charge in [-0.2, -0.15) is 0 Å². The van der Waals surface area contributed by atoms with E-state index in [0.29, 0.717) is 16.3 Å². The molecule has 0 radical (unpaired) electrons. The molecule has 0 spiro atoms. The zero-order valence-electron chi connectivity index (χ0n) is 10.8. The molecule has 21 heavy (non-hydrogen) atoms. The van der Waals surface area contributed by atoms with E-state index in [1.807, 2.05) is 12.1 Å². The minimum Gasteiger partial charge on any atom is -0.477 e. The Morgan fingerprint density at radius 3 is 2.52 bits per heavy atom. The predicted molar refractivity (Wildman–Crippen MR) is 80.2 cm³/mol. The molecule has 2 aromatic carbocycles. The number of carboxylic acid groups (broad SMARTS) is 1. The van der Waals surface area contributed by atoms with Crippen molar-refractivity contribution in [3.05, 3.63) is 65.2 Å². The standard InChI is InChI=1S/C16H10ClNO3/c17-11-5-7-12(8-6-11)21-15-13(16(19)20)9-10-3-1-2-4-14(10)18-15/h1-9H,(H,19,20). The van der Waals surface area contributed by atoms with Crippen molar-refractivity contribution < 1.29 is 14.6 Å². The van der Waals surface area contributed by atoms with Crippen LogP contribution in [0.15, 0.2) is 54.6 Å². The third-order valence-corrected chi connectivity index (χ3v) is 3.20. The van der Waals surface area contributed by atoms with Gasteiger partial charge < -0.3 is 9.84 Å². The normalized spacial score (nSPS) is 10.5. The second-order valence-electron chi connectivity index (χ2n) is 4.39. The first-order valence-electron chi connectivity index (χ1n) is 6.20. The smallest absolute Gasteiger partial charge is 0.341 e. The van der Waals surface area contributed by atoms with E-state index in [-0.39, 0.29) is 11.4 Å². The van der Waals surface area contributed by atoms with Crippen LogP contribution in [0.3, 0.4) is 0 Å². The Morgan fingerprint density at radius 1 is 1.10 bits per heavy atom. The third kappa shape index (κ3) is 2.80. The van der Waals surface area contributed by atoms with Crippen LogP contribution in [0.25, 0.3) is 10.9 Å². The SMILES string of the molecule is O=C(O)c1cc2ccccc2nc1Oc1ccc(Cl)cc1. The van der Waals surface area contributed by atoms with Crippen molar-refractivity contribution in [1.29, 1.82) is 0 Å². The van der Waals surface area contributed by atoms with Crippen molar-refractivity contribution >= 4 is 28.5 Å². The average Bonchev–Trinajstić information content (AvgIpc) is 2.48. The van der Waals surface area contributed by atoms with Crippen LogP contribution >= 0.6 is 11.6 Å². The number of hydrogen-bond donors (Lipinski definition) is 1. The van der Waals surface area contributed by atoms with Gasteiger partial charge in [0.05, 0.1) is 5.52 Å². The number of rotatable bonds is 3. The highest BCUT2D eigenvalue weighted by Gasteiger charge is 2.15. The summed E-state index contributed by atoms with van der Waals surface area (Å²) in [4.78, 5) is 15.6. The van der Waals surface area contributed by atoms with Crippen LogP contribution in [-0.4, -0.2) is 16.1 Å². The van der Waals surface area contributed by atoms with Gasteiger partial charge in [-0.1, -0.05) is 29.8 Å². The molecule has 4 nitrogen and oxygen atoms in total. The van der Waals surface area contributed by atoms with Gasteiger partial charge in [-0.05, 0) is 36.4 Å². The Kier molecular flexibility index (Phi) is 3.46. The first-order chi connectivity index (χ1) is 10.1. The van der Waals surface area contributed by atoms with Crippen LogP contribution in [0.5, 0.6) is 11.6 Å². The summed E-state index contributed by atoms with van der Waals surface area (Å²) in [6.07, 6.45) is 0. The lowest BCUT2D eigenvalue weighted by Gasteiger charge is -2.09. The van der Waals surface area contributed by atoms with E-state index in [1.54, 1.807) is 42.5 Å². The summed E-state index contributed by atoms with van der Waals surface area (Å²) in [5.41, 5.74) is 0.690. The van der Waals surface area contributed by atoms with Crippen LogP contribution in [-0.2, 0) is 0 Å². The fourth-order valence-electron chi connectivity index (χ4n) is 1.94. The first kappa shape index (κ1) is 13.4. The lowest BCUT2D eigenvalue weighted by atomic mass is 10.1. The van der Waals surface area contributed by atoms with Crippen LogP contribution in [0.1, 0.15) is 10.4 Å². The number of carboxylic acids is 1. The molecule has 1 N–H and O–H groups in total. The van der Waals surface area contributed by atoms with Gasteiger partial charge >= 0.3 is 5.97 Å². The molecule has 0 fully saturated rings. The summed E-state index contributed by atoms with van der Waals surface area (Å²) in [6.45, 7) is 0. The summed E-state index contributed by atoms with van der Waals surface area (Å²) < 4.78 is 5.58. The Labute approximate surface area is 125 Å². The van der Waals surface area contributed by atoms with Crippen molar-refractivity contribution in [3.8, 4) is 11.6 Å². The van der Waals surface area contributed by atoms with E-state index in [2.05, 4.69) is 4.98 Å². The molecule has 0 atom stereocenters. The Balaban J connectivity index is 2.09. The number of nitrogens with zero attached hydrogens (tertiary/aromatic N) is 1. The molecular weight excluding hydrogens is 290 g/mol. The molecule has 1 heterocycles. The van der Waals surface area contributed by atoms with Crippen LogP contribution in [0, 0.1) is 0 Å². The predicted octanol–water partition coefficient (Wildman–Crippen LogP) is 4.38. The molecule has 5 heteroatoms. The topological polar surface area (TPSA) is 59.4 Å². The lowest BCUT2D eigenvalue weighted by molar-refractivity contribution is 0.0693. The van der Waals surface area contributed by atoms with Crippen molar-refractivity contribution in [1.82, 2.24) is 4.98 Å². The van der Waals surface area contributed by atoms with Gasteiger partial charge in [0.2, 0.25) is 5.88 Å². The summed E-state index contributed by atoms with van der Waals surface area (Å²) in [6, 6.07) is 15.5. The molecule has 0 saturated carbocycles. The number of halogens is 1.